The van der Waals surface area contributed by atoms with Crippen molar-refractivity contribution in [2.75, 3.05) is 18.0 Å². The van der Waals surface area contributed by atoms with E-state index in [1.165, 1.54) is 24.1 Å². The lowest BCUT2D eigenvalue weighted by atomic mass is 10.0. The van der Waals surface area contributed by atoms with E-state index in [1.807, 2.05) is 12.4 Å². The van der Waals surface area contributed by atoms with E-state index in [0.717, 1.165) is 24.1 Å². The lowest BCUT2D eigenvalue weighted by Gasteiger charge is -2.40. The molecule has 0 amide bonds. The van der Waals surface area contributed by atoms with Gasteiger partial charge in [0.2, 0.25) is 0 Å². The van der Waals surface area contributed by atoms with Crippen molar-refractivity contribution >= 4 is 16.7 Å². The number of hydrogen-bond acceptors (Lipinski definition) is 4. The number of fused-ring (bicyclic) bond motifs is 1. The first-order valence-corrected chi connectivity index (χ1v) is 8.62. The normalized spacial score (nSPS) is 24.4. The van der Waals surface area contributed by atoms with E-state index < -0.39 is 0 Å². The average molecular weight is 320 g/mol. The zero-order chi connectivity index (χ0) is 15.9. The molecular formula is C19H20N4O. The third kappa shape index (κ3) is 2.45. The van der Waals surface area contributed by atoms with Gasteiger partial charge in [-0.25, -0.2) is 4.98 Å². The lowest BCUT2D eigenvalue weighted by molar-refractivity contribution is -0.0384. The van der Waals surface area contributed by atoms with Crippen LogP contribution in [0.2, 0.25) is 0 Å². The minimum atomic E-state index is 0.112. The highest BCUT2D eigenvalue weighted by Crippen LogP contribution is 2.41. The second-order valence-electron chi connectivity index (χ2n) is 6.78. The Morgan fingerprint density at radius 2 is 1.96 bits per heavy atom. The molecule has 1 saturated carbocycles. The third-order valence-corrected chi connectivity index (χ3v) is 5.12. The van der Waals surface area contributed by atoms with Crippen molar-refractivity contribution in [2.45, 2.75) is 25.0 Å². The van der Waals surface area contributed by atoms with E-state index in [2.05, 4.69) is 56.5 Å². The number of benzene rings is 1. The Bertz CT molecular complexity index is 843. The van der Waals surface area contributed by atoms with Crippen LogP contribution in [0, 0.1) is 5.92 Å². The van der Waals surface area contributed by atoms with Crippen molar-refractivity contribution in [2.24, 2.45) is 5.92 Å². The third-order valence-electron chi connectivity index (χ3n) is 5.12. The largest absolute Gasteiger partial charge is 0.366 e. The molecule has 2 aliphatic rings. The highest BCUT2D eigenvalue weighted by Gasteiger charge is 2.39. The van der Waals surface area contributed by atoms with E-state index in [1.54, 1.807) is 0 Å². The van der Waals surface area contributed by atoms with E-state index in [9.17, 15) is 0 Å². The van der Waals surface area contributed by atoms with Crippen LogP contribution in [0.5, 0.6) is 0 Å². The summed E-state index contributed by atoms with van der Waals surface area (Å²) in [4.78, 5) is 6.81. The predicted octanol–water partition coefficient (Wildman–Crippen LogP) is 3.31. The molecule has 1 aromatic carbocycles. The smallest absolute Gasteiger partial charge is 0.157 e. The van der Waals surface area contributed by atoms with Gasteiger partial charge in [0.25, 0.3) is 0 Å². The van der Waals surface area contributed by atoms with Crippen LogP contribution in [0.3, 0.4) is 0 Å². The Labute approximate surface area is 140 Å². The van der Waals surface area contributed by atoms with E-state index in [4.69, 9.17) is 4.74 Å². The molecule has 2 fully saturated rings. The number of aromatic nitrogens is 3. The van der Waals surface area contributed by atoms with Gasteiger partial charge in [0.15, 0.2) is 5.65 Å². The molecule has 0 unspecified atom stereocenters. The molecular weight excluding hydrogens is 300 g/mol. The number of hydrogen-bond donors (Lipinski definition) is 1. The molecule has 1 N–H and O–H groups in total. The van der Waals surface area contributed by atoms with Crippen molar-refractivity contribution in [3.8, 4) is 0 Å². The van der Waals surface area contributed by atoms with Crippen LogP contribution in [0.1, 0.15) is 24.5 Å². The fourth-order valence-electron chi connectivity index (χ4n) is 3.68. The zero-order valence-corrected chi connectivity index (χ0v) is 13.4. The summed E-state index contributed by atoms with van der Waals surface area (Å²) in [6, 6.07) is 12.7. The van der Waals surface area contributed by atoms with Gasteiger partial charge in [-0.3, -0.25) is 5.10 Å². The molecule has 122 valence electrons. The van der Waals surface area contributed by atoms with Crippen LogP contribution in [0.4, 0.5) is 5.69 Å². The van der Waals surface area contributed by atoms with Crippen LogP contribution in [-0.2, 0) is 4.74 Å². The number of ether oxygens (including phenoxy) is 1. The number of aromatic amines is 1. The number of anilines is 1. The molecule has 0 bridgehead atoms. The lowest BCUT2D eigenvalue weighted by Crippen LogP contribution is -2.45. The predicted molar refractivity (Wildman–Crippen MR) is 92.9 cm³/mol. The van der Waals surface area contributed by atoms with E-state index in [-0.39, 0.29) is 6.10 Å². The van der Waals surface area contributed by atoms with Gasteiger partial charge in [-0.15, -0.1) is 0 Å². The second kappa shape index (κ2) is 5.60. The Morgan fingerprint density at radius 3 is 2.79 bits per heavy atom. The molecule has 2 aromatic heterocycles. The van der Waals surface area contributed by atoms with Crippen LogP contribution in [0.25, 0.3) is 11.0 Å². The summed E-state index contributed by atoms with van der Waals surface area (Å²) in [7, 11) is 0. The number of nitrogens with zero attached hydrogens (tertiary/aromatic N) is 3. The Morgan fingerprint density at radius 1 is 1.08 bits per heavy atom. The van der Waals surface area contributed by atoms with Gasteiger partial charge in [0.1, 0.15) is 6.10 Å². The monoisotopic (exact) mass is 320 g/mol. The zero-order valence-electron chi connectivity index (χ0n) is 13.4. The molecule has 1 saturated heterocycles. The van der Waals surface area contributed by atoms with Gasteiger partial charge >= 0.3 is 0 Å². The first-order valence-electron chi connectivity index (χ1n) is 8.62. The van der Waals surface area contributed by atoms with Gasteiger partial charge in [0.05, 0.1) is 23.4 Å². The minimum absolute atomic E-state index is 0.112. The van der Waals surface area contributed by atoms with Gasteiger partial charge in [-0.2, -0.15) is 5.10 Å². The quantitative estimate of drug-likeness (QED) is 0.804. The van der Waals surface area contributed by atoms with Crippen LogP contribution >= 0.6 is 0 Å². The first kappa shape index (κ1) is 14.0. The van der Waals surface area contributed by atoms with Crippen LogP contribution in [0.15, 0.2) is 48.8 Å². The summed E-state index contributed by atoms with van der Waals surface area (Å²) in [5, 5.41) is 8.21. The highest BCUT2D eigenvalue weighted by molar-refractivity contribution is 5.88. The molecule has 0 spiro atoms. The average Bonchev–Trinajstić information content (AvgIpc) is 3.39. The summed E-state index contributed by atoms with van der Waals surface area (Å²) >= 11 is 0. The van der Waals surface area contributed by atoms with Gasteiger partial charge < -0.3 is 9.64 Å². The number of morpholine rings is 1. The molecule has 5 rings (SSSR count). The number of H-pyrrole nitrogens is 1. The van der Waals surface area contributed by atoms with Crippen molar-refractivity contribution < 1.29 is 4.74 Å². The van der Waals surface area contributed by atoms with Crippen molar-refractivity contribution in [3.05, 3.63) is 54.4 Å². The van der Waals surface area contributed by atoms with Crippen LogP contribution < -0.4 is 4.90 Å². The van der Waals surface area contributed by atoms with Crippen molar-refractivity contribution in [1.82, 2.24) is 15.2 Å². The van der Waals surface area contributed by atoms with E-state index in [0.29, 0.717) is 12.0 Å². The molecule has 3 heterocycles. The summed E-state index contributed by atoms with van der Waals surface area (Å²) in [6.45, 7) is 1.80. The van der Waals surface area contributed by atoms with Crippen molar-refractivity contribution in [3.63, 3.8) is 0 Å². The van der Waals surface area contributed by atoms with Gasteiger partial charge in [-0.05, 0) is 30.4 Å². The molecule has 5 heteroatoms. The Kier molecular flexibility index (Phi) is 3.26. The summed E-state index contributed by atoms with van der Waals surface area (Å²) in [6.07, 6.45) is 6.72. The van der Waals surface area contributed by atoms with Crippen LogP contribution in [-0.4, -0.2) is 34.4 Å². The molecule has 5 nitrogen and oxygen atoms in total. The van der Waals surface area contributed by atoms with Gasteiger partial charge in [-0.1, -0.05) is 30.3 Å². The molecule has 1 aliphatic heterocycles. The van der Waals surface area contributed by atoms with Gasteiger partial charge in [0, 0.05) is 19.3 Å². The van der Waals surface area contributed by atoms with Crippen molar-refractivity contribution in [1.29, 1.82) is 0 Å². The molecule has 2 atom stereocenters. The molecule has 1 aliphatic carbocycles. The number of pyridine rings is 1. The Balaban J connectivity index is 1.51. The number of rotatable bonds is 3. The SMILES string of the molecule is c1ccc([C@@H]2CN(c3ccnc4[nH]ncc34)C[C@H](C3CC3)O2)cc1. The summed E-state index contributed by atoms with van der Waals surface area (Å²) < 4.78 is 6.46. The topological polar surface area (TPSA) is 54.0 Å². The maximum Gasteiger partial charge on any atom is 0.157 e. The molecule has 0 radical (unpaired) electrons. The maximum atomic E-state index is 6.46. The summed E-state index contributed by atoms with van der Waals surface area (Å²) in [5.41, 5.74) is 3.30. The maximum absolute atomic E-state index is 6.46. The highest BCUT2D eigenvalue weighted by atomic mass is 16.5. The molecule has 24 heavy (non-hydrogen) atoms. The second-order valence-corrected chi connectivity index (χ2v) is 6.78. The first-order chi connectivity index (χ1) is 11.9. The van der Waals surface area contributed by atoms with E-state index >= 15 is 0 Å². The fourth-order valence-corrected chi connectivity index (χ4v) is 3.68. The standard InChI is InChI=1S/C19H20N4O/c1-2-4-13(5-3-1)17-11-23(12-18(24-17)14-6-7-14)16-8-9-20-19-15(16)10-21-22-19/h1-5,8-10,14,17-18H,6-7,11-12H2,(H,20,21,22)/t17-,18+/m0/s1. The fraction of sp³-hybridized carbons (Fsp3) is 0.368. The molecule has 3 aromatic rings. The number of nitrogens with one attached hydrogen (secondary N) is 1. The Hall–Kier alpha value is -2.40. The minimum Gasteiger partial charge on any atom is -0.366 e. The summed E-state index contributed by atoms with van der Waals surface area (Å²) in [5.74, 6) is 0.709.